The molecule has 0 unspecified atom stereocenters. The van der Waals surface area contributed by atoms with Crippen LogP contribution in [0.1, 0.15) is 0 Å². The monoisotopic (exact) mass is 451 g/mol. The Morgan fingerprint density at radius 1 is 0.909 bits per heavy atom. The molecule has 0 fully saturated rings. The molecule has 0 bridgehead atoms. The number of anilines is 2. The Bertz CT molecular complexity index is 1390. The number of amides is 1. The number of carbonyl (C=O) groups excluding carboxylic acids is 1. The fourth-order valence-electron chi connectivity index (χ4n) is 3.85. The second-order valence-corrected chi connectivity index (χ2v) is 8.31. The molecule has 0 aliphatic rings. The van der Waals surface area contributed by atoms with Crippen molar-refractivity contribution in [1.82, 2.24) is 19.7 Å². The third-order valence-corrected chi connectivity index (χ3v) is 6.09. The van der Waals surface area contributed by atoms with Crippen LogP contribution in [0.25, 0.3) is 22.1 Å². The zero-order valence-corrected chi connectivity index (χ0v) is 18.7. The topological polar surface area (TPSA) is 63.9 Å². The first-order valence-electron chi connectivity index (χ1n) is 10.5. The van der Waals surface area contributed by atoms with Gasteiger partial charge in [0.2, 0.25) is 11.1 Å². The van der Waals surface area contributed by atoms with Gasteiger partial charge >= 0.3 is 0 Å². The maximum absolute atomic E-state index is 13.3. The van der Waals surface area contributed by atoms with Crippen LogP contribution in [0.3, 0.4) is 0 Å². The van der Waals surface area contributed by atoms with Gasteiger partial charge in [-0.3, -0.25) is 9.69 Å². The van der Waals surface area contributed by atoms with Crippen LogP contribution in [0, 0.1) is 0 Å². The molecule has 0 aliphatic carbocycles. The second-order valence-electron chi connectivity index (χ2n) is 7.37. The highest BCUT2D eigenvalue weighted by Crippen LogP contribution is 2.29. The van der Waals surface area contributed by atoms with Crippen molar-refractivity contribution in [2.45, 2.75) is 11.7 Å². The highest BCUT2D eigenvalue weighted by Gasteiger charge is 2.20. The largest absolute Gasteiger partial charge is 0.320 e. The highest BCUT2D eigenvalue weighted by molar-refractivity contribution is 7.99. The van der Waals surface area contributed by atoms with Crippen molar-refractivity contribution in [1.29, 1.82) is 0 Å². The molecule has 0 aliphatic heterocycles. The minimum absolute atomic E-state index is 0.0623. The summed E-state index contributed by atoms with van der Waals surface area (Å²) in [6.45, 7) is 4.48. The first-order chi connectivity index (χ1) is 16.3. The summed E-state index contributed by atoms with van der Waals surface area (Å²) in [6, 6.07) is 27.3. The fourth-order valence-corrected chi connectivity index (χ4v) is 4.48. The third kappa shape index (κ3) is 4.10. The molecule has 0 atom stereocenters. The normalized spacial score (nSPS) is 11.0. The van der Waals surface area contributed by atoms with E-state index in [4.69, 9.17) is 4.98 Å². The number of nitrogens with zero attached hydrogens (tertiary/aromatic N) is 5. The SMILES string of the molecule is C=CCn1c2ccccc2c2nnc(SCC(=O)N(c3ccccc3)c3ccccc3)nc21. The number of benzene rings is 3. The van der Waals surface area contributed by atoms with E-state index in [1.54, 1.807) is 4.90 Å². The van der Waals surface area contributed by atoms with Crippen LogP contribution in [0.5, 0.6) is 0 Å². The number of hydrogen-bond donors (Lipinski definition) is 0. The van der Waals surface area contributed by atoms with Crippen LogP contribution in [0.15, 0.2) is 103 Å². The van der Waals surface area contributed by atoms with Gasteiger partial charge in [0.05, 0.1) is 11.3 Å². The van der Waals surface area contributed by atoms with Crippen molar-refractivity contribution in [3.8, 4) is 0 Å². The first kappa shape index (κ1) is 20.9. The smallest absolute Gasteiger partial charge is 0.242 e. The molecule has 0 saturated heterocycles. The summed E-state index contributed by atoms with van der Waals surface area (Å²) < 4.78 is 2.07. The van der Waals surface area contributed by atoms with Crippen molar-refractivity contribution in [3.05, 3.63) is 97.6 Å². The Morgan fingerprint density at radius 2 is 1.55 bits per heavy atom. The number of carbonyl (C=O) groups is 1. The standard InChI is InChI=1S/C26H21N5OS/c1-2-17-30-22-16-10-9-15-21(22)24-25(30)27-26(29-28-24)33-18-23(32)31(19-11-5-3-6-12-19)20-13-7-4-8-14-20/h2-16H,1,17-18H2. The van der Waals surface area contributed by atoms with Crippen LogP contribution >= 0.6 is 11.8 Å². The lowest BCUT2D eigenvalue weighted by Gasteiger charge is -2.22. The number of para-hydroxylation sites is 3. The molecule has 5 aromatic rings. The Hall–Kier alpha value is -3.97. The average Bonchev–Trinajstić information content (AvgIpc) is 3.17. The van der Waals surface area contributed by atoms with Gasteiger partial charge in [-0.05, 0) is 30.3 Å². The minimum Gasteiger partial charge on any atom is -0.320 e. The molecule has 0 spiro atoms. The van der Waals surface area contributed by atoms with Gasteiger partial charge < -0.3 is 4.57 Å². The zero-order chi connectivity index (χ0) is 22.6. The van der Waals surface area contributed by atoms with Gasteiger partial charge in [-0.1, -0.05) is 72.4 Å². The van der Waals surface area contributed by atoms with E-state index in [0.717, 1.165) is 33.4 Å². The van der Waals surface area contributed by atoms with Crippen LogP contribution < -0.4 is 4.90 Å². The zero-order valence-electron chi connectivity index (χ0n) is 17.8. The number of rotatable bonds is 7. The van der Waals surface area contributed by atoms with Crippen LogP contribution in [0.2, 0.25) is 0 Å². The maximum Gasteiger partial charge on any atom is 0.242 e. The number of thioether (sulfide) groups is 1. The molecule has 0 saturated carbocycles. The van der Waals surface area contributed by atoms with Crippen LogP contribution in [-0.2, 0) is 11.3 Å². The van der Waals surface area contributed by atoms with Crippen molar-refractivity contribution >= 4 is 51.1 Å². The fraction of sp³-hybridized carbons (Fsp3) is 0.0769. The van der Waals surface area contributed by atoms with Gasteiger partial charge in [0.1, 0.15) is 5.52 Å². The first-order valence-corrected chi connectivity index (χ1v) is 11.5. The van der Waals surface area contributed by atoms with Gasteiger partial charge in [0.25, 0.3) is 0 Å². The molecule has 6 nitrogen and oxygen atoms in total. The van der Waals surface area contributed by atoms with E-state index in [1.807, 2.05) is 91.0 Å². The van der Waals surface area contributed by atoms with Crippen LogP contribution in [0.4, 0.5) is 11.4 Å². The van der Waals surface area contributed by atoms with Crippen molar-refractivity contribution in [2.24, 2.45) is 0 Å². The molecule has 33 heavy (non-hydrogen) atoms. The van der Waals surface area contributed by atoms with E-state index in [9.17, 15) is 4.79 Å². The lowest BCUT2D eigenvalue weighted by molar-refractivity contribution is -0.115. The summed E-state index contributed by atoms with van der Waals surface area (Å²) in [7, 11) is 0. The summed E-state index contributed by atoms with van der Waals surface area (Å²) in [6.07, 6.45) is 1.84. The predicted octanol–water partition coefficient (Wildman–Crippen LogP) is 5.62. The predicted molar refractivity (Wildman–Crippen MR) is 134 cm³/mol. The van der Waals surface area contributed by atoms with E-state index in [0.29, 0.717) is 11.7 Å². The van der Waals surface area contributed by atoms with Gasteiger partial charge in [0, 0.05) is 23.3 Å². The Kier molecular flexibility index (Phi) is 5.87. The number of fused-ring (bicyclic) bond motifs is 3. The van der Waals surface area contributed by atoms with Crippen molar-refractivity contribution < 1.29 is 4.79 Å². The Balaban J connectivity index is 1.45. The molecule has 7 heteroatoms. The van der Waals surface area contributed by atoms with Gasteiger partial charge in [0.15, 0.2) is 5.65 Å². The summed E-state index contributed by atoms with van der Waals surface area (Å²) >= 11 is 1.28. The Morgan fingerprint density at radius 3 is 2.21 bits per heavy atom. The molecular weight excluding hydrogens is 430 g/mol. The molecule has 1 amide bonds. The Labute approximate surface area is 195 Å². The second kappa shape index (κ2) is 9.26. The lowest BCUT2D eigenvalue weighted by atomic mass is 10.2. The molecule has 0 radical (unpaired) electrons. The van der Waals surface area contributed by atoms with Gasteiger partial charge in [-0.2, -0.15) is 0 Å². The summed E-state index contributed by atoms with van der Waals surface area (Å²) in [5.41, 5.74) is 4.15. The summed E-state index contributed by atoms with van der Waals surface area (Å²) in [5.74, 6) is 0.117. The average molecular weight is 452 g/mol. The van der Waals surface area contributed by atoms with E-state index in [-0.39, 0.29) is 11.7 Å². The van der Waals surface area contributed by atoms with E-state index in [2.05, 4.69) is 21.3 Å². The molecule has 5 rings (SSSR count). The van der Waals surface area contributed by atoms with Crippen molar-refractivity contribution in [3.63, 3.8) is 0 Å². The summed E-state index contributed by atoms with van der Waals surface area (Å²) in [4.78, 5) is 19.8. The van der Waals surface area contributed by atoms with E-state index < -0.39 is 0 Å². The molecule has 2 aromatic heterocycles. The van der Waals surface area contributed by atoms with Gasteiger partial charge in [-0.15, -0.1) is 16.8 Å². The maximum atomic E-state index is 13.3. The molecule has 0 N–H and O–H groups in total. The van der Waals surface area contributed by atoms with Crippen LogP contribution in [-0.4, -0.2) is 31.4 Å². The summed E-state index contributed by atoms with van der Waals surface area (Å²) in [5, 5.41) is 10.2. The third-order valence-electron chi connectivity index (χ3n) is 5.27. The number of allylic oxidation sites excluding steroid dienone is 1. The van der Waals surface area contributed by atoms with E-state index in [1.165, 1.54) is 11.8 Å². The number of aromatic nitrogens is 4. The molecule has 3 aromatic carbocycles. The lowest BCUT2D eigenvalue weighted by Crippen LogP contribution is -2.27. The molecule has 2 heterocycles. The quantitative estimate of drug-likeness (QED) is 0.237. The van der Waals surface area contributed by atoms with Gasteiger partial charge in [-0.25, -0.2) is 4.98 Å². The number of hydrogen-bond acceptors (Lipinski definition) is 5. The van der Waals surface area contributed by atoms with Crippen molar-refractivity contribution in [2.75, 3.05) is 10.7 Å². The minimum atomic E-state index is -0.0623. The molecule has 162 valence electrons. The highest BCUT2D eigenvalue weighted by atomic mass is 32.2. The van der Waals surface area contributed by atoms with E-state index >= 15 is 0 Å². The molecular formula is C26H21N5OS.